The molecule has 0 fully saturated rings. The summed E-state index contributed by atoms with van der Waals surface area (Å²) < 4.78 is 1.57. The summed E-state index contributed by atoms with van der Waals surface area (Å²) >= 11 is 0. The van der Waals surface area contributed by atoms with E-state index in [1.807, 2.05) is 36.4 Å². The largest absolute Gasteiger partial charge is 0.339 e. The van der Waals surface area contributed by atoms with Gasteiger partial charge in [0.15, 0.2) is 0 Å². The van der Waals surface area contributed by atoms with Crippen molar-refractivity contribution in [3.8, 4) is 0 Å². The number of nitrogens with zero attached hydrogens (tertiary/aromatic N) is 3. The highest BCUT2D eigenvalue weighted by molar-refractivity contribution is 5.81. The van der Waals surface area contributed by atoms with E-state index in [9.17, 15) is 9.59 Å². The minimum atomic E-state index is -0.146. The zero-order valence-corrected chi connectivity index (χ0v) is 14.5. The van der Waals surface area contributed by atoms with E-state index >= 15 is 0 Å². The van der Waals surface area contributed by atoms with Crippen molar-refractivity contribution in [3.05, 3.63) is 76.6 Å². The van der Waals surface area contributed by atoms with E-state index in [1.54, 1.807) is 27.8 Å². The average molecular weight is 350 g/mol. The van der Waals surface area contributed by atoms with Crippen LogP contribution in [0.4, 0.5) is 0 Å². The molecule has 6 nitrogen and oxygen atoms in total. The first-order chi connectivity index (χ1) is 12.7. The highest BCUT2D eigenvalue weighted by atomic mass is 16.2. The Morgan fingerprint density at radius 1 is 1.04 bits per heavy atom. The Kier molecular flexibility index (Phi) is 5.76. The van der Waals surface area contributed by atoms with Crippen LogP contribution in [-0.4, -0.2) is 40.2 Å². The smallest absolute Gasteiger partial charge is 0.244 e. The lowest BCUT2D eigenvalue weighted by Crippen LogP contribution is -2.39. The van der Waals surface area contributed by atoms with Crippen LogP contribution in [0.1, 0.15) is 5.56 Å². The summed E-state index contributed by atoms with van der Waals surface area (Å²) in [6.07, 6.45) is 2.03. The monoisotopic (exact) mass is 350 g/mol. The first-order valence-corrected chi connectivity index (χ1v) is 8.65. The van der Waals surface area contributed by atoms with Gasteiger partial charge in [0.2, 0.25) is 11.3 Å². The molecule has 3 rings (SSSR count). The van der Waals surface area contributed by atoms with Crippen LogP contribution < -0.4 is 11.2 Å². The van der Waals surface area contributed by atoms with E-state index in [1.165, 1.54) is 11.8 Å². The van der Waals surface area contributed by atoms with Gasteiger partial charge >= 0.3 is 0 Å². The van der Waals surface area contributed by atoms with Crippen molar-refractivity contribution in [1.82, 2.24) is 14.7 Å². The minimum Gasteiger partial charge on any atom is -0.339 e. The standard InChI is InChI=1S/C20H22N4O2/c21-11-13-23(12-10-16-6-2-1-3-7-16)20(26)15-24-18-9-5-4-8-17(18)19(25)14-22-24/h1-9,14H,10-13,15,21H2. The number of hydrogen-bond acceptors (Lipinski definition) is 4. The minimum absolute atomic E-state index is 0.0623. The Morgan fingerprint density at radius 2 is 1.77 bits per heavy atom. The van der Waals surface area contributed by atoms with Crippen LogP contribution in [0, 0.1) is 0 Å². The third kappa shape index (κ3) is 4.15. The number of fused-ring (bicyclic) bond motifs is 1. The molecule has 0 atom stereocenters. The summed E-state index contributed by atoms with van der Waals surface area (Å²) in [4.78, 5) is 26.5. The summed E-state index contributed by atoms with van der Waals surface area (Å²) in [6, 6.07) is 17.2. The second-order valence-electron chi connectivity index (χ2n) is 6.09. The lowest BCUT2D eigenvalue weighted by Gasteiger charge is -2.23. The third-order valence-corrected chi connectivity index (χ3v) is 4.31. The molecular formula is C20H22N4O2. The second kappa shape index (κ2) is 8.40. The summed E-state index contributed by atoms with van der Waals surface area (Å²) in [5, 5.41) is 4.69. The van der Waals surface area contributed by atoms with Crippen LogP contribution in [0.25, 0.3) is 10.9 Å². The first kappa shape index (κ1) is 17.8. The van der Waals surface area contributed by atoms with Gasteiger partial charge in [0.05, 0.1) is 11.7 Å². The van der Waals surface area contributed by atoms with Gasteiger partial charge in [-0.2, -0.15) is 5.10 Å². The van der Waals surface area contributed by atoms with Crippen molar-refractivity contribution in [2.75, 3.05) is 19.6 Å². The molecule has 0 radical (unpaired) electrons. The predicted octanol–water partition coefficient (Wildman–Crippen LogP) is 1.43. The number of benzene rings is 2. The molecular weight excluding hydrogens is 328 g/mol. The zero-order chi connectivity index (χ0) is 18.4. The van der Waals surface area contributed by atoms with Gasteiger partial charge in [0.1, 0.15) is 6.54 Å². The van der Waals surface area contributed by atoms with E-state index in [2.05, 4.69) is 5.10 Å². The first-order valence-electron chi connectivity index (χ1n) is 8.65. The van der Waals surface area contributed by atoms with Crippen LogP contribution in [-0.2, 0) is 17.8 Å². The highest BCUT2D eigenvalue weighted by Crippen LogP contribution is 2.09. The third-order valence-electron chi connectivity index (χ3n) is 4.31. The fraction of sp³-hybridized carbons (Fsp3) is 0.250. The lowest BCUT2D eigenvalue weighted by atomic mass is 10.1. The van der Waals surface area contributed by atoms with Crippen molar-refractivity contribution in [3.63, 3.8) is 0 Å². The van der Waals surface area contributed by atoms with Crippen LogP contribution in [0.15, 0.2) is 65.6 Å². The Bertz CT molecular complexity index is 937. The van der Waals surface area contributed by atoms with E-state index in [0.717, 1.165) is 6.42 Å². The number of para-hydroxylation sites is 1. The van der Waals surface area contributed by atoms with Gasteiger partial charge < -0.3 is 10.6 Å². The van der Waals surface area contributed by atoms with Gasteiger partial charge in [-0.15, -0.1) is 0 Å². The molecule has 0 aliphatic carbocycles. The van der Waals surface area contributed by atoms with E-state index in [-0.39, 0.29) is 17.9 Å². The fourth-order valence-electron chi connectivity index (χ4n) is 2.94. The molecule has 2 aromatic carbocycles. The van der Waals surface area contributed by atoms with Crippen LogP contribution in [0.3, 0.4) is 0 Å². The molecule has 0 bridgehead atoms. The molecule has 0 unspecified atom stereocenters. The Balaban J connectivity index is 1.76. The molecule has 0 aliphatic rings. The number of carbonyl (C=O) groups is 1. The molecule has 26 heavy (non-hydrogen) atoms. The normalized spacial score (nSPS) is 10.8. The average Bonchev–Trinajstić information content (AvgIpc) is 2.68. The molecule has 0 spiro atoms. The van der Waals surface area contributed by atoms with Gasteiger partial charge in [-0.3, -0.25) is 14.3 Å². The number of rotatable bonds is 7. The summed E-state index contributed by atoms with van der Waals surface area (Å²) in [5.74, 6) is -0.0623. The molecule has 0 saturated carbocycles. The maximum absolute atomic E-state index is 12.8. The van der Waals surface area contributed by atoms with Crippen molar-refractivity contribution in [1.29, 1.82) is 0 Å². The topological polar surface area (TPSA) is 81.2 Å². The van der Waals surface area contributed by atoms with Gasteiger partial charge in [-0.1, -0.05) is 42.5 Å². The van der Waals surface area contributed by atoms with Crippen LogP contribution in [0.2, 0.25) is 0 Å². The zero-order valence-electron chi connectivity index (χ0n) is 14.5. The molecule has 2 N–H and O–H groups in total. The number of carbonyl (C=O) groups excluding carboxylic acids is 1. The van der Waals surface area contributed by atoms with Gasteiger partial charge in [0, 0.05) is 25.0 Å². The van der Waals surface area contributed by atoms with Crippen LogP contribution in [0.5, 0.6) is 0 Å². The second-order valence-corrected chi connectivity index (χ2v) is 6.09. The SMILES string of the molecule is NCCN(CCc1ccccc1)C(=O)Cn1ncc(=O)c2ccccc21. The Hall–Kier alpha value is -2.99. The van der Waals surface area contributed by atoms with Gasteiger partial charge in [-0.25, -0.2) is 0 Å². The summed E-state index contributed by atoms with van der Waals surface area (Å²) in [6.45, 7) is 1.57. The molecule has 0 aliphatic heterocycles. The fourth-order valence-corrected chi connectivity index (χ4v) is 2.94. The Morgan fingerprint density at radius 3 is 2.54 bits per heavy atom. The molecule has 1 aromatic heterocycles. The molecule has 3 aromatic rings. The lowest BCUT2D eigenvalue weighted by molar-refractivity contribution is -0.131. The maximum Gasteiger partial charge on any atom is 0.244 e. The highest BCUT2D eigenvalue weighted by Gasteiger charge is 2.15. The quantitative estimate of drug-likeness (QED) is 0.699. The summed E-state index contributed by atoms with van der Waals surface area (Å²) in [7, 11) is 0. The number of hydrogen-bond donors (Lipinski definition) is 1. The van der Waals surface area contributed by atoms with E-state index in [4.69, 9.17) is 5.73 Å². The van der Waals surface area contributed by atoms with E-state index in [0.29, 0.717) is 30.5 Å². The molecule has 6 heteroatoms. The van der Waals surface area contributed by atoms with Gasteiger partial charge in [0.25, 0.3) is 0 Å². The molecule has 134 valence electrons. The van der Waals surface area contributed by atoms with E-state index < -0.39 is 0 Å². The number of amides is 1. The Labute approximate surface area is 151 Å². The summed E-state index contributed by atoms with van der Waals surface area (Å²) in [5.41, 5.74) is 7.37. The van der Waals surface area contributed by atoms with Crippen molar-refractivity contribution < 1.29 is 4.79 Å². The maximum atomic E-state index is 12.8. The van der Waals surface area contributed by atoms with Crippen LogP contribution >= 0.6 is 0 Å². The number of nitrogens with two attached hydrogens (primary N) is 1. The molecule has 0 saturated heterocycles. The molecule has 1 amide bonds. The van der Waals surface area contributed by atoms with Crippen molar-refractivity contribution >= 4 is 16.8 Å². The molecule has 1 heterocycles. The number of aromatic nitrogens is 2. The van der Waals surface area contributed by atoms with Crippen molar-refractivity contribution in [2.45, 2.75) is 13.0 Å². The van der Waals surface area contributed by atoms with Crippen molar-refractivity contribution in [2.24, 2.45) is 5.73 Å². The predicted molar refractivity (Wildman–Crippen MR) is 102 cm³/mol. The van der Waals surface area contributed by atoms with Gasteiger partial charge in [-0.05, 0) is 24.1 Å².